The van der Waals surface area contributed by atoms with Crippen LogP contribution in [-0.2, 0) is 6.54 Å². The zero-order valence-electron chi connectivity index (χ0n) is 14.7. The van der Waals surface area contributed by atoms with Gasteiger partial charge in [-0.05, 0) is 25.1 Å². The summed E-state index contributed by atoms with van der Waals surface area (Å²) in [5, 5.41) is 10.5. The summed E-state index contributed by atoms with van der Waals surface area (Å²) in [4.78, 5) is 20.9. The number of fused-ring (bicyclic) bond motifs is 1. The molecule has 4 rings (SSSR count). The third-order valence-electron chi connectivity index (χ3n) is 4.57. The van der Waals surface area contributed by atoms with Crippen molar-refractivity contribution >= 4 is 33.1 Å². The van der Waals surface area contributed by atoms with Gasteiger partial charge in [-0.1, -0.05) is 11.3 Å². The Labute approximate surface area is 157 Å². The van der Waals surface area contributed by atoms with E-state index in [2.05, 4.69) is 25.0 Å². The van der Waals surface area contributed by atoms with Crippen LogP contribution < -0.4 is 15.4 Å². The Kier molecular flexibility index (Phi) is 4.73. The molecule has 10 heteroatoms. The summed E-state index contributed by atoms with van der Waals surface area (Å²) < 4.78 is 26.1. The molecule has 27 heavy (non-hydrogen) atoms. The lowest BCUT2D eigenvalue weighted by Gasteiger charge is -2.35. The number of nitrogens with zero attached hydrogens (tertiary/aromatic N) is 6. The average molecular weight is 392 g/mol. The van der Waals surface area contributed by atoms with Gasteiger partial charge in [0, 0.05) is 31.9 Å². The van der Waals surface area contributed by atoms with Crippen molar-refractivity contribution < 1.29 is 8.78 Å². The molecule has 142 valence electrons. The smallest absolute Gasteiger partial charge is 0.261 e. The van der Waals surface area contributed by atoms with Crippen LogP contribution in [0, 0.1) is 6.92 Å². The van der Waals surface area contributed by atoms with Crippen LogP contribution in [0.2, 0.25) is 0 Å². The average Bonchev–Trinajstić information content (AvgIpc) is 3.10. The first-order chi connectivity index (χ1) is 13.0. The molecule has 1 saturated heterocycles. The fraction of sp³-hybridized carbons (Fsp3) is 0.412. The molecular weight excluding hydrogens is 374 g/mol. The van der Waals surface area contributed by atoms with Crippen molar-refractivity contribution in [3.8, 4) is 0 Å². The van der Waals surface area contributed by atoms with Crippen molar-refractivity contribution in [3.63, 3.8) is 0 Å². The number of alkyl halides is 2. The summed E-state index contributed by atoms with van der Waals surface area (Å²) in [5.41, 5.74) is 1.04. The molecule has 0 saturated carbocycles. The molecule has 0 aliphatic carbocycles. The number of aromatic nitrogens is 4. The minimum Gasteiger partial charge on any atom is -0.368 e. The number of hydrogen-bond donors (Lipinski definition) is 0. The molecule has 1 aliphatic heterocycles. The second-order valence-corrected chi connectivity index (χ2v) is 7.53. The van der Waals surface area contributed by atoms with E-state index in [1.54, 1.807) is 17.4 Å². The van der Waals surface area contributed by atoms with Crippen molar-refractivity contribution in [3.05, 3.63) is 39.9 Å². The molecule has 0 bridgehead atoms. The molecule has 0 spiro atoms. The van der Waals surface area contributed by atoms with Crippen LogP contribution in [0.4, 0.5) is 19.6 Å². The van der Waals surface area contributed by atoms with Crippen molar-refractivity contribution in [2.75, 3.05) is 36.0 Å². The Balaban J connectivity index is 1.52. The second kappa shape index (κ2) is 7.18. The molecular formula is C17H18F2N6OS. The maximum atomic E-state index is 12.6. The van der Waals surface area contributed by atoms with Crippen molar-refractivity contribution in [2.45, 2.75) is 19.9 Å². The van der Waals surface area contributed by atoms with E-state index in [0.29, 0.717) is 10.9 Å². The van der Waals surface area contributed by atoms with Crippen molar-refractivity contribution in [1.29, 1.82) is 0 Å². The Morgan fingerprint density at radius 2 is 1.89 bits per heavy atom. The first kappa shape index (κ1) is 17.8. The van der Waals surface area contributed by atoms with Gasteiger partial charge in [-0.3, -0.25) is 9.36 Å². The lowest BCUT2D eigenvalue weighted by molar-refractivity contribution is 0.125. The molecule has 3 heterocycles. The monoisotopic (exact) mass is 392 g/mol. The van der Waals surface area contributed by atoms with Gasteiger partial charge in [0.1, 0.15) is 5.01 Å². The molecule has 2 aromatic heterocycles. The van der Waals surface area contributed by atoms with Crippen LogP contribution in [0.5, 0.6) is 0 Å². The SMILES string of the molecule is Cc1nnc(N2CCN(c3ccc4c(=O)n(CC(F)F)cnc4c3)CC2)s1. The predicted octanol–water partition coefficient (Wildman–Crippen LogP) is 2.15. The summed E-state index contributed by atoms with van der Waals surface area (Å²) in [6, 6.07) is 5.36. The largest absolute Gasteiger partial charge is 0.368 e. The van der Waals surface area contributed by atoms with Crippen molar-refractivity contribution in [2.24, 2.45) is 0 Å². The van der Waals surface area contributed by atoms with Crippen molar-refractivity contribution in [1.82, 2.24) is 19.7 Å². The van der Waals surface area contributed by atoms with Gasteiger partial charge in [-0.25, -0.2) is 13.8 Å². The van der Waals surface area contributed by atoms with Gasteiger partial charge in [0.25, 0.3) is 12.0 Å². The van der Waals surface area contributed by atoms with E-state index in [1.807, 2.05) is 19.1 Å². The van der Waals surface area contributed by atoms with Gasteiger partial charge in [-0.2, -0.15) is 0 Å². The van der Waals surface area contributed by atoms with E-state index in [9.17, 15) is 13.6 Å². The van der Waals surface area contributed by atoms with Gasteiger partial charge < -0.3 is 9.80 Å². The Hall–Kier alpha value is -2.62. The Morgan fingerprint density at radius 1 is 1.15 bits per heavy atom. The number of anilines is 2. The highest BCUT2D eigenvalue weighted by molar-refractivity contribution is 7.15. The number of benzene rings is 1. The first-order valence-corrected chi connectivity index (χ1v) is 9.40. The molecule has 0 atom stereocenters. The number of piperazine rings is 1. The standard InChI is InChI=1S/C17H18F2N6OS/c1-11-21-22-17(27-11)24-6-4-23(5-7-24)12-2-3-13-14(8-12)20-10-25(16(13)26)9-15(18)19/h2-3,8,10,15H,4-7,9H2,1H3. The highest BCUT2D eigenvalue weighted by Crippen LogP contribution is 2.24. The van der Waals surface area contributed by atoms with E-state index >= 15 is 0 Å². The summed E-state index contributed by atoms with van der Waals surface area (Å²) in [6.45, 7) is 4.58. The number of halogens is 2. The molecule has 7 nitrogen and oxygen atoms in total. The van der Waals surface area contributed by atoms with Gasteiger partial charge in [-0.15, -0.1) is 10.2 Å². The second-order valence-electron chi connectivity index (χ2n) is 6.37. The van der Waals surface area contributed by atoms with Gasteiger partial charge >= 0.3 is 0 Å². The maximum absolute atomic E-state index is 12.6. The third kappa shape index (κ3) is 3.61. The van der Waals surface area contributed by atoms with E-state index in [-0.39, 0.29) is 0 Å². The quantitative estimate of drug-likeness (QED) is 0.678. The highest BCUT2D eigenvalue weighted by atomic mass is 32.1. The Morgan fingerprint density at radius 3 is 2.56 bits per heavy atom. The fourth-order valence-electron chi connectivity index (χ4n) is 3.19. The number of aryl methyl sites for hydroxylation is 1. The Bertz CT molecular complexity index is 1010. The molecule has 0 radical (unpaired) electrons. The first-order valence-electron chi connectivity index (χ1n) is 8.58. The van der Waals surface area contributed by atoms with Gasteiger partial charge in [0.05, 0.1) is 23.8 Å². The number of rotatable bonds is 4. The third-order valence-corrected chi connectivity index (χ3v) is 5.47. The highest BCUT2D eigenvalue weighted by Gasteiger charge is 2.20. The summed E-state index contributed by atoms with van der Waals surface area (Å²) in [5.74, 6) is 0. The number of hydrogen-bond acceptors (Lipinski definition) is 7. The summed E-state index contributed by atoms with van der Waals surface area (Å²) in [7, 11) is 0. The summed E-state index contributed by atoms with van der Waals surface area (Å²) >= 11 is 1.58. The summed E-state index contributed by atoms with van der Waals surface area (Å²) in [6.07, 6.45) is -1.40. The van der Waals surface area contributed by atoms with E-state index in [1.165, 1.54) is 6.33 Å². The molecule has 0 unspecified atom stereocenters. The van der Waals surface area contributed by atoms with E-state index < -0.39 is 18.5 Å². The van der Waals surface area contributed by atoms with Gasteiger partial charge in [0.2, 0.25) is 5.13 Å². The van der Waals surface area contributed by atoms with Crippen LogP contribution in [0.3, 0.4) is 0 Å². The molecule has 0 amide bonds. The maximum Gasteiger partial charge on any atom is 0.261 e. The van der Waals surface area contributed by atoms with Crippen LogP contribution in [0.25, 0.3) is 10.9 Å². The van der Waals surface area contributed by atoms with Crippen LogP contribution in [-0.4, -0.2) is 52.4 Å². The molecule has 1 aromatic carbocycles. The lowest BCUT2D eigenvalue weighted by atomic mass is 10.2. The zero-order valence-corrected chi connectivity index (χ0v) is 15.5. The fourth-order valence-corrected chi connectivity index (χ4v) is 3.93. The molecule has 3 aromatic rings. The molecule has 1 fully saturated rings. The van der Waals surface area contributed by atoms with Crippen LogP contribution in [0.15, 0.2) is 29.3 Å². The van der Waals surface area contributed by atoms with Gasteiger partial charge in [0.15, 0.2) is 0 Å². The van der Waals surface area contributed by atoms with E-state index in [0.717, 1.165) is 46.6 Å². The van der Waals surface area contributed by atoms with E-state index in [4.69, 9.17) is 0 Å². The van der Waals surface area contributed by atoms with Crippen LogP contribution in [0.1, 0.15) is 5.01 Å². The molecule has 0 N–H and O–H groups in total. The minimum atomic E-state index is -2.59. The normalized spacial score (nSPS) is 15.1. The minimum absolute atomic E-state index is 0.352. The topological polar surface area (TPSA) is 67.2 Å². The zero-order chi connectivity index (χ0) is 19.0. The van der Waals surface area contributed by atoms with Crippen LogP contribution >= 0.6 is 11.3 Å². The predicted molar refractivity (Wildman–Crippen MR) is 101 cm³/mol. The molecule has 1 aliphatic rings. The lowest BCUT2D eigenvalue weighted by Crippen LogP contribution is -2.46.